The zero-order valence-corrected chi connectivity index (χ0v) is 13.1. The van der Waals surface area contributed by atoms with Crippen LogP contribution in [0.1, 0.15) is 33.8 Å². The minimum atomic E-state index is -0.196. The van der Waals surface area contributed by atoms with Gasteiger partial charge in [0.1, 0.15) is 17.6 Å². The van der Waals surface area contributed by atoms with Crippen molar-refractivity contribution >= 4 is 5.91 Å². The second kappa shape index (κ2) is 5.88. The van der Waals surface area contributed by atoms with Crippen LogP contribution in [0.3, 0.4) is 0 Å². The van der Waals surface area contributed by atoms with Crippen molar-refractivity contribution in [3.8, 4) is 0 Å². The average molecular weight is 300 g/mol. The van der Waals surface area contributed by atoms with E-state index in [2.05, 4.69) is 9.97 Å². The molecule has 1 amide bonds. The van der Waals surface area contributed by atoms with Crippen molar-refractivity contribution in [2.24, 2.45) is 7.05 Å². The number of rotatable bonds is 2. The van der Waals surface area contributed by atoms with Gasteiger partial charge in [0.15, 0.2) is 0 Å². The molecule has 0 saturated carbocycles. The van der Waals surface area contributed by atoms with Gasteiger partial charge >= 0.3 is 0 Å². The number of aromatic nitrogens is 3. The zero-order valence-electron chi connectivity index (χ0n) is 13.1. The molecule has 1 aliphatic heterocycles. The fourth-order valence-corrected chi connectivity index (χ4v) is 2.77. The third kappa shape index (κ3) is 2.87. The van der Waals surface area contributed by atoms with E-state index in [0.717, 1.165) is 17.2 Å². The Balaban J connectivity index is 1.79. The van der Waals surface area contributed by atoms with Gasteiger partial charge in [-0.05, 0) is 32.0 Å². The SMILES string of the molecule is Cc1cc([C@H]2CN(C(=O)c3cccn3C)CCO2)nc(C)n1. The molecule has 0 aliphatic carbocycles. The standard InChI is InChI=1S/C16H20N4O2/c1-11-9-13(18-12(2)17-11)15-10-20(7-8-22-15)16(21)14-5-4-6-19(14)3/h4-6,9,15H,7-8,10H2,1-3H3/t15-/m1/s1. The maximum Gasteiger partial charge on any atom is 0.270 e. The summed E-state index contributed by atoms with van der Waals surface area (Å²) in [5, 5.41) is 0. The van der Waals surface area contributed by atoms with E-state index in [-0.39, 0.29) is 12.0 Å². The van der Waals surface area contributed by atoms with Gasteiger partial charge < -0.3 is 14.2 Å². The van der Waals surface area contributed by atoms with Gasteiger partial charge in [-0.15, -0.1) is 0 Å². The van der Waals surface area contributed by atoms with Crippen molar-refractivity contribution in [3.05, 3.63) is 47.3 Å². The maximum atomic E-state index is 12.6. The smallest absolute Gasteiger partial charge is 0.270 e. The molecule has 0 aromatic carbocycles. The van der Waals surface area contributed by atoms with Gasteiger partial charge in [0.25, 0.3) is 5.91 Å². The fraction of sp³-hybridized carbons (Fsp3) is 0.438. The van der Waals surface area contributed by atoms with Crippen LogP contribution in [0.5, 0.6) is 0 Å². The average Bonchev–Trinajstić information content (AvgIpc) is 2.92. The summed E-state index contributed by atoms with van der Waals surface area (Å²) in [5.74, 6) is 0.757. The van der Waals surface area contributed by atoms with E-state index in [9.17, 15) is 4.79 Å². The Bertz CT molecular complexity index is 675. The molecule has 2 aromatic rings. The van der Waals surface area contributed by atoms with E-state index in [1.807, 2.05) is 54.8 Å². The maximum absolute atomic E-state index is 12.6. The van der Waals surface area contributed by atoms with Crippen LogP contribution in [-0.4, -0.2) is 45.0 Å². The van der Waals surface area contributed by atoms with Crippen LogP contribution in [0.2, 0.25) is 0 Å². The van der Waals surface area contributed by atoms with E-state index in [4.69, 9.17) is 4.74 Å². The zero-order chi connectivity index (χ0) is 15.7. The van der Waals surface area contributed by atoms with Crippen molar-refractivity contribution < 1.29 is 9.53 Å². The van der Waals surface area contributed by atoms with Crippen LogP contribution in [-0.2, 0) is 11.8 Å². The highest BCUT2D eigenvalue weighted by atomic mass is 16.5. The molecule has 3 rings (SSSR count). The number of amides is 1. The monoisotopic (exact) mass is 300 g/mol. The van der Waals surface area contributed by atoms with Gasteiger partial charge in [-0.3, -0.25) is 4.79 Å². The second-order valence-electron chi connectivity index (χ2n) is 5.60. The van der Waals surface area contributed by atoms with Gasteiger partial charge in [-0.25, -0.2) is 9.97 Å². The lowest BCUT2D eigenvalue weighted by molar-refractivity contribution is -0.0251. The quantitative estimate of drug-likeness (QED) is 0.846. The van der Waals surface area contributed by atoms with Crippen molar-refractivity contribution in [2.45, 2.75) is 20.0 Å². The molecule has 0 bridgehead atoms. The van der Waals surface area contributed by atoms with Gasteiger partial charge in [0, 0.05) is 25.5 Å². The molecule has 3 heterocycles. The first-order valence-corrected chi connectivity index (χ1v) is 7.39. The third-order valence-electron chi connectivity index (χ3n) is 3.83. The Hall–Kier alpha value is -2.21. The van der Waals surface area contributed by atoms with Gasteiger partial charge in [0.2, 0.25) is 0 Å². The highest BCUT2D eigenvalue weighted by Gasteiger charge is 2.28. The molecular weight excluding hydrogens is 280 g/mol. The first-order chi connectivity index (χ1) is 10.5. The Kier molecular flexibility index (Phi) is 3.94. The van der Waals surface area contributed by atoms with Crippen molar-refractivity contribution in [3.63, 3.8) is 0 Å². The molecule has 0 unspecified atom stereocenters. The van der Waals surface area contributed by atoms with Crippen LogP contribution in [0.15, 0.2) is 24.4 Å². The Morgan fingerprint density at radius 3 is 2.86 bits per heavy atom. The minimum absolute atomic E-state index is 0.0308. The number of hydrogen-bond acceptors (Lipinski definition) is 4. The summed E-state index contributed by atoms with van der Waals surface area (Å²) in [7, 11) is 1.88. The molecule has 1 fully saturated rings. The summed E-state index contributed by atoms with van der Waals surface area (Å²) < 4.78 is 7.65. The molecule has 0 radical (unpaired) electrons. The third-order valence-corrected chi connectivity index (χ3v) is 3.83. The number of carbonyl (C=O) groups excluding carboxylic acids is 1. The van der Waals surface area contributed by atoms with Gasteiger partial charge in [0.05, 0.1) is 18.8 Å². The Morgan fingerprint density at radius 1 is 1.36 bits per heavy atom. The summed E-state index contributed by atoms with van der Waals surface area (Å²) in [5.41, 5.74) is 2.45. The number of aryl methyl sites for hydroxylation is 3. The summed E-state index contributed by atoms with van der Waals surface area (Å²) in [6.07, 6.45) is 1.68. The largest absolute Gasteiger partial charge is 0.368 e. The summed E-state index contributed by atoms with van der Waals surface area (Å²) in [6, 6.07) is 5.64. The second-order valence-corrected chi connectivity index (χ2v) is 5.60. The first-order valence-electron chi connectivity index (χ1n) is 7.39. The van der Waals surface area contributed by atoms with E-state index in [0.29, 0.717) is 25.4 Å². The topological polar surface area (TPSA) is 60.2 Å². The first kappa shape index (κ1) is 14.7. The van der Waals surface area contributed by atoms with Gasteiger partial charge in [-0.2, -0.15) is 0 Å². The number of morpholine rings is 1. The number of ether oxygens (including phenoxy) is 1. The molecule has 1 aliphatic rings. The molecule has 22 heavy (non-hydrogen) atoms. The number of carbonyl (C=O) groups is 1. The lowest BCUT2D eigenvalue weighted by atomic mass is 10.1. The molecule has 0 N–H and O–H groups in total. The normalized spacial score (nSPS) is 18.5. The van der Waals surface area contributed by atoms with Crippen LogP contribution in [0.4, 0.5) is 0 Å². The van der Waals surface area contributed by atoms with Crippen LogP contribution < -0.4 is 0 Å². The van der Waals surface area contributed by atoms with E-state index < -0.39 is 0 Å². The molecular formula is C16H20N4O2. The van der Waals surface area contributed by atoms with Gasteiger partial charge in [-0.1, -0.05) is 0 Å². The van der Waals surface area contributed by atoms with E-state index in [1.54, 1.807) is 0 Å². The van der Waals surface area contributed by atoms with Crippen molar-refractivity contribution in [1.29, 1.82) is 0 Å². The van der Waals surface area contributed by atoms with Crippen molar-refractivity contribution in [2.75, 3.05) is 19.7 Å². The Labute approximate surface area is 129 Å². The highest BCUT2D eigenvalue weighted by Crippen LogP contribution is 2.22. The molecule has 116 valence electrons. The van der Waals surface area contributed by atoms with Crippen molar-refractivity contribution in [1.82, 2.24) is 19.4 Å². The molecule has 6 heteroatoms. The summed E-state index contributed by atoms with van der Waals surface area (Å²) >= 11 is 0. The molecule has 1 atom stereocenters. The van der Waals surface area contributed by atoms with Crippen LogP contribution >= 0.6 is 0 Å². The molecule has 0 spiro atoms. The number of hydrogen-bond donors (Lipinski definition) is 0. The summed E-state index contributed by atoms with van der Waals surface area (Å²) in [6.45, 7) is 5.44. The minimum Gasteiger partial charge on any atom is -0.368 e. The highest BCUT2D eigenvalue weighted by molar-refractivity contribution is 5.92. The summed E-state index contributed by atoms with van der Waals surface area (Å²) in [4.78, 5) is 23.2. The van der Waals surface area contributed by atoms with E-state index in [1.165, 1.54) is 0 Å². The predicted octanol–water partition coefficient (Wildman–Crippen LogP) is 1.65. The van der Waals surface area contributed by atoms with E-state index >= 15 is 0 Å². The predicted molar refractivity (Wildman–Crippen MR) is 81.5 cm³/mol. The fourth-order valence-electron chi connectivity index (χ4n) is 2.77. The molecule has 2 aromatic heterocycles. The lowest BCUT2D eigenvalue weighted by Gasteiger charge is -2.32. The molecule has 1 saturated heterocycles. The molecule has 6 nitrogen and oxygen atoms in total. The Morgan fingerprint density at radius 2 is 2.18 bits per heavy atom. The number of nitrogens with zero attached hydrogens (tertiary/aromatic N) is 4. The lowest BCUT2D eigenvalue weighted by Crippen LogP contribution is -2.43. The van der Waals surface area contributed by atoms with Crippen LogP contribution in [0, 0.1) is 13.8 Å². The van der Waals surface area contributed by atoms with Crippen LogP contribution in [0.25, 0.3) is 0 Å².